The third kappa shape index (κ3) is 3.82. The van der Waals surface area contributed by atoms with E-state index >= 15 is 0 Å². The van der Waals surface area contributed by atoms with Crippen molar-refractivity contribution >= 4 is 57.2 Å². The van der Waals surface area contributed by atoms with E-state index in [9.17, 15) is 9.59 Å². The Bertz CT molecular complexity index is 1360. The summed E-state index contributed by atoms with van der Waals surface area (Å²) >= 11 is 19.0. The Kier molecular flexibility index (Phi) is 5.21. The van der Waals surface area contributed by atoms with E-state index in [1.807, 2.05) is 0 Å². The summed E-state index contributed by atoms with van der Waals surface area (Å²) in [6.07, 6.45) is 1.88. The third-order valence-electron chi connectivity index (χ3n) is 3.98. The third-order valence-corrected chi connectivity index (χ3v) is 5.76. The number of hydrogen-bond donors (Lipinski definition) is 0. The first-order chi connectivity index (χ1) is 13.4. The fraction of sp³-hybridized carbons (Fsp3) is 0.0526. The Morgan fingerprint density at radius 3 is 2.43 bits per heavy atom. The Hall–Kier alpha value is -2.25. The van der Waals surface area contributed by atoms with E-state index in [1.54, 1.807) is 48.5 Å². The van der Waals surface area contributed by atoms with Gasteiger partial charge in [0.15, 0.2) is 0 Å². The second-order valence-corrected chi connectivity index (χ2v) is 8.23. The van der Waals surface area contributed by atoms with Gasteiger partial charge in [0.05, 0.1) is 4.53 Å². The minimum atomic E-state index is -0.465. The highest BCUT2D eigenvalue weighted by Crippen LogP contribution is 2.21. The Balaban J connectivity index is 1.81. The van der Waals surface area contributed by atoms with Crippen LogP contribution in [0.1, 0.15) is 16.8 Å². The molecule has 0 atom stereocenters. The molecule has 0 amide bonds. The van der Waals surface area contributed by atoms with Gasteiger partial charge in [-0.3, -0.25) is 9.59 Å². The van der Waals surface area contributed by atoms with E-state index in [0.29, 0.717) is 25.2 Å². The molecule has 140 valence electrons. The summed E-state index contributed by atoms with van der Waals surface area (Å²) in [4.78, 5) is 29.3. The molecule has 4 rings (SSSR count). The van der Waals surface area contributed by atoms with Crippen molar-refractivity contribution in [3.8, 4) is 0 Å². The number of hydrogen-bond acceptors (Lipinski definition) is 5. The van der Waals surface area contributed by atoms with E-state index in [-0.39, 0.29) is 22.6 Å². The standard InChI is InChI=1S/C19H10Cl3N3O2S/c20-12-4-1-10(2-5-12)7-15-17(26)23-19-25(24-15)18(27)16(28-19)8-11-3-6-13(21)9-14(11)22/h1-6,8-9H,7H2/b16-8-. The van der Waals surface area contributed by atoms with Crippen molar-refractivity contribution in [2.24, 2.45) is 0 Å². The smallest absolute Gasteiger partial charge is 0.266 e. The van der Waals surface area contributed by atoms with Crippen LogP contribution in [-0.4, -0.2) is 14.6 Å². The molecule has 2 aromatic heterocycles. The summed E-state index contributed by atoms with van der Waals surface area (Å²) in [5, 5.41) is 5.74. The fourth-order valence-electron chi connectivity index (χ4n) is 2.61. The van der Waals surface area contributed by atoms with Crippen molar-refractivity contribution in [3.05, 3.63) is 99.6 Å². The first kappa shape index (κ1) is 19.1. The number of benzene rings is 2. The van der Waals surface area contributed by atoms with Crippen LogP contribution < -0.4 is 15.7 Å². The van der Waals surface area contributed by atoms with Crippen molar-refractivity contribution in [1.29, 1.82) is 0 Å². The van der Waals surface area contributed by atoms with Crippen molar-refractivity contribution in [2.75, 3.05) is 0 Å². The lowest BCUT2D eigenvalue weighted by Crippen LogP contribution is -2.28. The summed E-state index contributed by atoms with van der Waals surface area (Å²) < 4.78 is 1.51. The molecule has 0 saturated carbocycles. The van der Waals surface area contributed by atoms with Crippen LogP contribution in [0.3, 0.4) is 0 Å². The van der Waals surface area contributed by atoms with Crippen LogP contribution in [0.2, 0.25) is 15.1 Å². The van der Waals surface area contributed by atoms with Gasteiger partial charge in [0.2, 0.25) is 4.96 Å². The number of halogens is 3. The van der Waals surface area contributed by atoms with Crippen LogP contribution in [0, 0.1) is 0 Å². The van der Waals surface area contributed by atoms with Crippen LogP contribution in [0.15, 0.2) is 52.1 Å². The highest BCUT2D eigenvalue weighted by atomic mass is 35.5. The molecule has 0 spiro atoms. The maximum Gasteiger partial charge on any atom is 0.296 e. The lowest BCUT2D eigenvalue weighted by atomic mass is 10.1. The van der Waals surface area contributed by atoms with Gasteiger partial charge in [0.25, 0.3) is 11.1 Å². The second kappa shape index (κ2) is 7.64. The van der Waals surface area contributed by atoms with E-state index in [1.165, 1.54) is 0 Å². The van der Waals surface area contributed by atoms with Gasteiger partial charge in [-0.25, -0.2) is 0 Å². The van der Waals surface area contributed by atoms with Crippen LogP contribution in [0.4, 0.5) is 0 Å². The summed E-state index contributed by atoms with van der Waals surface area (Å²) in [7, 11) is 0. The minimum absolute atomic E-state index is 0.186. The molecule has 5 nitrogen and oxygen atoms in total. The zero-order valence-electron chi connectivity index (χ0n) is 14.0. The summed E-state index contributed by atoms with van der Waals surface area (Å²) in [6, 6.07) is 12.0. The number of fused-ring (bicyclic) bond motifs is 1. The minimum Gasteiger partial charge on any atom is -0.266 e. The predicted molar refractivity (Wildman–Crippen MR) is 113 cm³/mol. The molecule has 0 unspecified atom stereocenters. The Morgan fingerprint density at radius 2 is 1.71 bits per heavy atom. The molecule has 2 heterocycles. The van der Waals surface area contributed by atoms with Crippen molar-refractivity contribution in [1.82, 2.24) is 14.6 Å². The first-order valence-electron chi connectivity index (χ1n) is 8.05. The average molecular weight is 451 g/mol. The number of aromatic nitrogens is 3. The zero-order valence-corrected chi connectivity index (χ0v) is 17.1. The van der Waals surface area contributed by atoms with E-state index < -0.39 is 5.56 Å². The molecule has 0 aliphatic carbocycles. The molecular formula is C19H10Cl3N3O2S. The summed E-state index contributed by atoms with van der Waals surface area (Å²) in [5.74, 6) is 0. The van der Waals surface area contributed by atoms with Gasteiger partial charge >= 0.3 is 0 Å². The molecule has 0 fully saturated rings. The largest absolute Gasteiger partial charge is 0.296 e. The molecule has 0 radical (unpaired) electrons. The Morgan fingerprint density at radius 1 is 1.00 bits per heavy atom. The van der Waals surface area contributed by atoms with Crippen molar-refractivity contribution in [2.45, 2.75) is 6.42 Å². The van der Waals surface area contributed by atoms with Gasteiger partial charge in [-0.05, 0) is 41.5 Å². The highest BCUT2D eigenvalue weighted by molar-refractivity contribution is 7.15. The lowest BCUT2D eigenvalue weighted by Gasteiger charge is -2.00. The van der Waals surface area contributed by atoms with Crippen molar-refractivity contribution in [3.63, 3.8) is 0 Å². The molecule has 9 heteroatoms. The number of thiazole rings is 1. The maximum atomic E-state index is 12.7. The Labute approximate surface area is 177 Å². The highest BCUT2D eigenvalue weighted by Gasteiger charge is 2.12. The zero-order chi connectivity index (χ0) is 19.8. The van der Waals surface area contributed by atoms with Gasteiger partial charge in [0.1, 0.15) is 5.69 Å². The van der Waals surface area contributed by atoms with Gasteiger partial charge in [-0.2, -0.15) is 14.6 Å². The molecule has 0 aliphatic heterocycles. The van der Waals surface area contributed by atoms with Crippen LogP contribution >= 0.6 is 46.1 Å². The van der Waals surface area contributed by atoms with E-state index in [0.717, 1.165) is 21.4 Å². The number of rotatable bonds is 3. The fourth-order valence-corrected chi connectivity index (χ4v) is 4.09. The summed E-state index contributed by atoms with van der Waals surface area (Å²) in [6.45, 7) is 0. The first-order valence-corrected chi connectivity index (χ1v) is 10.00. The monoisotopic (exact) mass is 449 g/mol. The quantitative estimate of drug-likeness (QED) is 0.478. The predicted octanol–water partition coefficient (Wildman–Crippen LogP) is 3.61. The van der Waals surface area contributed by atoms with Gasteiger partial charge < -0.3 is 0 Å². The molecule has 0 bridgehead atoms. The van der Waals surface area contributed by atoms with Crippen LogP contribution in [0.25, 0.3) is 11.0 Å². The molecule has 28 heavy (non-hydrogen) atoms. The van der Waals surface area contributed by atoms with E-state index in [4.69, 9.17) is 34.8 Å². The normalized spacial score (nSPS) is 12.0. The molecular weight excluding hydrogens is 441 g/mol. The molecule has 2 aromatic carbocycles. The molecule has 0 aliphatic rings. The van der Waals surface area contributed by atoms with Crippen LogP contribution in [0.5, 0.6) is 0 Å². The molecule has 0 N–H and O–H groups in total. The summed E-state index contributed by atoms with van der Waals surface area (Å²) in [5.41, 5.74) is 0.839. The lowest BCUT2D eigenvalue weighted by molar-refractivity contribution is 0.811. The topological polar surface area (TPSA) is 64.3 Å². The SMILES string of the molecule is O=c1nc2s/c(=C\c3ccc(Cl)cc3Cl)c(=O)n2nc1Cc1ccc(Cl)cc1. The molecule has 4 aromatic rings. The van der Waals surface area contributed by atoms with Gasteiger partial charge in [0, 0.05) is 21.5 Å². The van der Waals surface area contributed by atoms with Gasteiger partial charge in [-0.1, -0.05) is 64.3 Å². The maximum absolute atomic E-state index is 12.7. The van der Waals surface area contributed by atoms with Crippen molar-refractivity contribution < 1.29 is 0 Å². The second-order valence-electron chi connectivity index (χ2n) is 5.94. The van der Waals surface area contributed by atoms with Gasteiger partial charge in [-0.15, -0.1) is 0 Å². The number of nitrogens with zero attached hydrogens (tertiary/aromatic N) is 3. The average Bonchev–Trinajstić information content (AvgIpc) is 2.94. The molecule has 0 saturated heterocycles. The van der Waals surface area contributed by atoms with E-state index in [2.05, 4.69) is 10.1 Å². The van der Waals surface area contributed by atoms with Crippen LogP contribution in [-0.2, 0) is 6.42 Å².